The standard InChI is InChI=1S/C17H22N2O3.ClH/c1-12-13-5-3-4-6-14(13)22-15(12)11-19-16(20)17(21-2)7-9-18-10-8-17;/h3-6,18H,7-11H2,1-2H3,(H,19,20);1H. The molecule has 2 aromatic rings. The summed E-state index contributed by atoms with van der Waals surface area (Å²) in [4.78, 5) is 12.5. The minimum absolute atomic E-state index is 0. The maximum atomic E-state index is 12.5. The molecule has 1 aromatic carbocycles. The number of nitrogens with one attached hydrogen (secondary N) is 2. The quantitative estimate of drug-likeness (QED) is 0.899. The van der Waals surface area contributed by atoms with Crippen LogP contribution in [0.15, 0.2) is 28.7 Å². The molecule has 1 amide bonds. The molecule has 0 aliphatic carbocycles. The molecule has 5 nitrogen and oxygen atoms in total. The van der Waals surface area contributed by atoms with Crippen molar-refractivity contribution in [3.63, 3.8) is 0 Å². The molecule has 0 saturated carbocycles. The summed E-state index contributed by atoms with van der Waals surface area (Å²) in [5.74, 6) is 0.742. The lowest BCUT2D eigenvalue weighted by molar-refractivity contribution is -0.147. The SMILES string of the molecule is COC1(C(=O)NCc2oc3ccccc3c2C)CCNCC1.Cl. The predicted octanol–water partition coefficient (Wildman–Crippen LogP) is 2.55. The smallest absolute Gasteiger partial charge is 0.252 e. The fourth-order valence-electron chi connectivity index (χ4n) is 3.07. The average molecular weight is 339 g/mol. The molecule has 0 bridgehead atoms. The summed E-state index contributed by atoms with van der Waals surface area (Å²) in [6, 6.07) is 7.91. The second-order valence-electron chi connectivity index (χ2n) is 5.78. The van der Waals surface area contributed by atoms with Crippen LogP contribution in [-0.2, 0) is 16.1 Å². The van der Waals surface area contributed by atoms with E-state index >= 15 is 0 Å². The van der Waals surface area contributed by atoms with Crippen LogP contribution in [0.2, 0.25) is 0 Å². The molecule has 23 heavy (non-hydrogen) atoms. The highest BCUT2D eigenvalue weighted by Gasteiger charge is 2.39. The summed E-state index contributed by atoms with van der Waals surface area (Å²) in [5.41, 5.74) is 1.21. The summed E-state index contributed by atoms with van der Waals surface area (Å²) < 4.78 is 11.4. The second kappa shape index (κ2) is 7.34. The number of aryl methyl sites for hydroxylation is 1. The number of ether oxygens (including phenoxy) is 1. The van der Waals surface area contributed by atoms with Crippen molar-refractivity contribution in [3.05, 3.63) is 35.6 Å². The lowest BCUT2D eigenvalue weighted by atomic mass is 9.91. The number of halogens is 1. The van der Waals surface area contributed by atoms with Crippen molar-refractivity contribution in [1.82, 2.24) is 10.6 Å². The number of fused-ring (bicyclic) bond motifs is 1. The molecule has 126 valence electrons. The minimum atomic E-state index is -0.717. The van der Waals surface area contributed by atoms with Gasteiger partial charge in [0, 0.05) is 18.1 Å². The Labute approximate surface area is 142 Å². The number of carbonyl (C=O) groups excluding carboxylic acids is 1. The van der Waals surface area contributed by atoms with Gasteiger partial charge in [0.05, 0.1) is 6.54 Å². The first kappa shape index (κ1) is 17.8. The number of hydrogen-bond acceptors (Lipinski definition) is 4. The zero-order chi connectivity index (χ0) is 15.6. The fraction of sp³-hybridized carbons (Fsp3) is 0.471. The topological polar surface area (TPSA) is 63.5 Å². The average Bonchev–Trinajstić information content (AvgIpc) is 2.90. The van der Waals surface area contributed by atoms with Crippen LogP contribution in [0, 0.1) is 6.92 Å². The zero-order valence-corrected chi connectivity index (χ0v) is 14.3. The Balaban J connectivity index is 0.00000192. The van der Waals surface area contributed by atoms with Gasteiger partial charge in [-0.25, -0.2) is 0 Å². The maximum absolute atomic E-state index is 12.5. The first-order valence-electron chi connectivity index (χ1n) is 7.67. The molecule has 1 aliphatic heterocycles. The van der Waals surface area contributed by atoms with Gasteiger partial charge in [0.1, 0.15) is 16.9 Å². The molecule has 0 unspecified atom stereocenters. The molecule has 0 atom stereocenters. The molecule has 6 heteroatoms. The van der Waals surface area contributed by atoms with E-state index in [2.05, 4.69) is 10.6 Å². The van der Waals surface area contributed by atoms with Crippen molar-refractivity contribution >= 4 is 29.3 Å². The van der Waals surface area contributed by atoms with E-state index in [0.29, 0.717) is 19.4 Å². The molecule has 3 rings (SSSR count). The van der Waals surface area contributed by atoms with E-state index in [0.717, 1.165) is 35.4 Å². The summed E-state index contributed by atoms with van der Waals surface area (Å²) in [5, 5.41) is 7.32. The van der Waals surface area contributed by atoms with Crippen molar-refractivity contribution in [2.24, 2.45) is 0 Å². The normalized spacial score (nSPS) is 16.8. The van der Waals surface area contributed by atoms with Crippen molar-refractivity contribution in [3.8, 4) is 0 Å². The van der Waals surface area contributed by atoms with Crippen LogP contribution in [0.3, 0.4) is 0 Å². The van der Waals surface area contributed by atoms with Crippen LogP contribution in [0.25, 0.3) is 11.0 Å². The lowest BCUT2D eigenvalue weighted by Crippen LogP contribution is -2.53. The van der Waals surface area contributed by atoms with Gasteiger partial charge in [0.25, 0.3) is 5.91 Å². The number of benzene rings is 1. The molecule has 1 aromatic heterocycles. The molecular weight excluding hydrogens is 316 g/mol. The molecule has 1 saturated heterocycles. The van der Waals surface area contributed by atoms with Gasteiger partial charge >= 0.3 is 0 Å². The lowest BCUT2D eigenvalue weighted by Gasteiger charge is -2.34. The Morgan fingerprint density at radius 2 is 2.04 bits per heavy atom. The molecule has 1 aliphatic rings. The maximum Gasteiger partial charge on any atom is 0.252 e. The molecular formula is C17H23ClN2O3. The first-order chi connectivity index (χ1) is 10.7. The van der Waals surface area contributed by atoms with E-state index < -0.39 is 5.60 Å². The number of rotatable bonds is 4. The summed E-state index contributed by atoms with van der Waals surface area (Å²) in [6.07, 6.45) is 1.38. The predicted molar refractivity (Wildman–Crippen MR) is 91.9 cm³/mol. The Kier molecular flexibility index (Phi) is 5.68. The number of piperidine rings is 1. The highest BCUT2D eigenvalue weighted by atomic mass is 35.5. The van der Waals surface area contributed by atoms with Gasteiger partial charge < -0.3 is 19.8 Å². The summed E-state index contributed by atoms with van der Waals surface area (Å²) in [6.45, 7) is 4.00. The van der Waals surface area contributed by atoms with Crippen molar-refractivity contribution in [1.29, 1.82) is 0 Å². The number of methoxy groups -OCH3 is 1. The van der Waals surface area contributed by atoms with Gasteiger partial charge in [-0.3, -0.25) is 4.79 Å². The van der Waals surface area contributed by atoms with Gasteiger partial charge in [0.15, 0.2) is 0 Å². The summed E-state index contributed by atoms with van der Waals surface area (Å²) >= 11 is 0. The van der Waals surface area contributed by atoms with Crippen LogP contribution in [0.4, 0.5) is 0 Å². The van der Waals surface area contributed by atoms with Crippen LogP contribution in [0.5, 0.6) is 0 Å². The monoisotopic (exact) mass is 338 g/mol. The third kappa shape index (κ3) is 3.37. The number of hydrogen-bond donors (Lipinski definition) is 2. The van der Waals surface area contributed by atoms with E-state index in [1.165, 1.54) is 0 Å². The molecule has 2 N–H and O–H groups in total. The Morgan fingerprint density at radius 1 is 1.35 bits per heavy atom. The van der Waals surface area contributed by atoms with Gasteiger partial charge in [-0.1, -0.05) is 18.2 Å². The molecule has 2 heterocycles. The Morgan fingerprint density at radius 3 is 2.70 bits per heavy atom. The second-order valence-corrected chi connectivity index (χ2v) is 5.78. The van der Waals surface area contributed by atoms with Crippen LogP contribution in [-0.4, -0.2) is 31.7 Å². The Bertz CT molecular complexity index is 678. The Hall–Kier alpha value is -1.56. The number of para-hydroxylation sites is 1. The van der Waals surface area contributed by atoms with Crippen molar-refractivity contribution in [2.45, 2.75) is 31.9 Å². The number of carbonyl (C=O) groups is 1. The van der Waals surface area contributed by atoms with Crippen LogP contribution in [0.1, 0.15) is 24.2 Å². The third-order valence-electron chi connectivity index (χ3n) is 4.57. The van der Waals surface area contributed by atoms with E-state index in [4.69, 9.17) is 9.15 Å². The molecule has 1 fully saturated rings. The van der Waals surface area contributed by atoms with Gasteiger partial charge in [-0.15, -0.1) is 12.4 Å². The summed E-state index contributed by atoms with van der Waals surface area (Å²) in [7, 11) is 1.61. The first-order valence-corrected chi connectivity index (χ1v) is 7.67. The van der Waals surface area contributed by atoms with Crippen LogP contribution < -0.4 is 10.6 Å². The number of amides is 1. The van der Waals surface area contributed by atoms with Gasteiger partial charge in [-0.05, 0) is 38.9 Å². The number of furan rings is 1. The van der Waals surface area contributed by atoms with E-state index in [-0.39, 0.29) is 18.3 Å². The molecule has 0 radical (unpaired) electrons. The van der Waals surface area contributed by atoms with Crippen LogP contribution >= 0.6 is 12.4 Å². The molecule has 0 spiro atoms. The van der Waals surface area contributed by atoms with E-state index in [1.54, 1.807) is 7.11 Å². The minimum Gasteiger partial charge on any atom is -0.459 e. The van der Waals surface area contributed by atoms with Gasteiger partial charge in [-0.2, -0.15) is 0 Å². The fourth-order valence-corrected chi connectivity index (χ4v) is 3.07. The highest BCUT2D eigenvalue weighted by molar-refractivity contribution is 5.86. The van der Waals surface area contributed by atoms with E-state index in [1.807, 2.05) is 31.2 Å². The van der Waals surface area contributed by atoms with Gasteiger partial charge in [0.2, 0.25) is 0 Å². The zero-order valence-electron chi connectivity index (χ0n) is 13.5. The van der Waals surface area contributed by atoms with Crippen molar-refractivity contribution < 1.29 is 13.9 Å². The highest BCUT2D eigenvalue weighted by Crippen LogP contribution is 2.26. The van der Waals surface area contributed by atoms with Crippen molar-refractivity contribution in [2.75, 3.05) is 20.2 Å². The van der Waals surface area contributed by atoms with E-state index in [9.17, 15) is 4.79 Å². The third-order valence-corrected chi connectivity index (χ3v) is 4.57. The largest absolute Gasteiger partial charge is 0.459 e.